The molecule has 0 aromatic heterocycles. The maximum atomic E-state index is 6.10. The molecule has 1 aliphatic rings. The summed E-state index contributed by atoms with van der Waals surface area (Å²) in [5.41, 5.74) is 1.57. The summed E-state index contributed by atoms with van der Waals surface area (Å²) < 4.78 is 6.10. The Kier molecular flexibility index (Phi) is 2.35. The Morgan fingerprint density at radius 1 is 0.850 bits per heavy atom. The summed E-state index contributed by atoms with van der Waals surface area (Å²) in [5, 5.41) is 5.13. The van der Waals surface area contributed by atoms with Crippen molar-refractivity contribution in [2.45, 2.75) is 20.3 Å². The van der Waals surface area contributed by atoms with Crippen LogP contribution in [0.4, 0.5) is 0 Å². The molecule has 3 aromatic rings. The van der Waals surface area contributed by atoms with E-state index >= 15 is 0 Å². The van der Waals surface area contributed by atoms with Crippen LogP contribution in [0.1, 0.15) is 19.4 Å². The van der Waals surface area contributed by atoms with Gasteiger partial charge in [-0.1, -0.05) is 62.4 Å². The van der Waals surface area contributed by atoms with Crippen LogP contribution in [-0.4, -0.2) is 6.61 Å². The van der Waals surface area contributed by atoms with E-state index in [-0.39, 0.29) is 5.41 Å². The van der Waals surface area contributed by atoms with Gasteiger partial charge in [-0.25, -0.2) is 0 Å². The molecular weight excluding hydrogens is 244 g/mol. The highest BCUT2D eigenvalue weighted by atomic mass is 16.5. The van der Waals surface area contributed by atoms with E-state index in [0.29, 0.717) is 0 Å². The summed E-state index contributed by atoms with van der Waals surface area (Å²) in [6.45, 7) is 5.33. The minimum atomic E-state index is 0.234. The molecule has 0 unspecified atom stereocenters. The first kappa shape index (κ1) is 11.8. The Morgan fingerprint density at radius 3 is 2.55 bits per heavy atom. The molecule has 3 aromatic carbocycles. The highest BCUT2D eigenvalue weighted by molar-refractivity contribution is 6.09. The van der Waals surface area contributed by atoms with E-state index in [9.17, 15) is 0 Å². The van der Waals surface area contributed by atoms with E-state index in [1.807, 2.05) is 0 Å². The van der Waals surface area contributed by atoms with Gasteiger partial charge in [-0.05, 0) is 28.1 Å². The Labute approximate surface area is 119 Å². The lowest BCUT2D eigenvalue weighted by molar-refractivity contribution is 0.157. The average Bonchev–Trinajstić information content (AvgIpc) is 2.45. The van der Waals surface area contributed by atoms with Crippen molar-refractivity contribution >= 4 is 21.5 Å². The van der Waals surface area contributed by atoms with Gasteiger partial charge in [0.2, 0.25) is 0 Å². The predicted octanol–water partition coefficient (Wildman–Crippen LogP) is 4.95. The number of benzene rings is 3. The van der Waals surface area contributed by atoms with Crippen LogP contribution >= 0.6 is 0 Å². The van der Waals surface area contributed by atoms with Crippen LogP contribution in [-0.2, 0) is 6.42 Å². The van der Waals surface area contributed by atoms with E-state index in [4.69, 9.17) is 4.74 Å². The Bertz CT molecular complexity index is 814. The van der Waals surface area contributed by atoms with Crippen LogP contribution in [0.2, 0.25) is 0 Å². The standard InChI is InChI=1S/C19H18O/c1-19(2)11-14-8-9-16-15-6-4-3-5-13(15)7-10-17(16)18(14)20-12-19/h3-10H,11-12H2,1-2H3. The second-order valence-electron chi connectivity index (χ2n) is 6.57. The third-order valence-electron chi connectivity index (χ3n) is 4.23. The first-order valence-corrected chi connectivity index (χ1v) is 7.20. The molecule has 0 saturated heterocycles. The van der Waals surface area contributed by atoms with E-state index in [1.165, 1.54) is 27.1 Å². The van der Waals surface area contributed by atoms with E-state index in [1.54, 1.807) is 0 Å². The minimum absolute atomic E-state index is 0.234. The second-order valence-corrected chi connectivity index (χ2v) is 6.57. The summed E-state index contributed by atoms with van der Waals surface area (Å²) in [6, 6.07) is 17.4. The Balaban J connectivity index is 2.03. The zero-order valence-corrected chi connectivity index (χ0v) is 11.9. The van der Waals surface area contributed by atoms with Crippen molar-refractivity contribution in [3.63, 3.8) is 0 Å². The minimum Gasteiger partial charge on any atom is -0.492 e. The number of ether oxygens (including phenoxy) is 1. The summed E-state index contributed by atoms with van der Waals surface area (Å²) in [6.07, 6.45) is 1.09. The first-order chi connectivity index (χ1) is 9.64. The number of fused-ring (bicyclic) bond motifs is 5. The molecule has 0 radical (unpaired) electrons. The van der Waals surface area contributed by atoms with Crippen LogP contribution in [0.25, 0.3) is 21.5 Å². The summed E-state index contributed by atoms with van der Waals surface area (Å²) >= 11 is 0. The lowest BCUT2D eigenvalue weighted by Crippen LogP contribution is -2.28. The van der Waals surface area contributed by atoms with Crippen LogP contribution < -0.4 is 4.74 Å². The van der Waals surface area contributed by atoms with Gasteiger partial charge in [-0.15, -0.1) is 0 Å². The van der Waals surface area contributed by atoms with Crippen LogP contribution in [0.15, 0.2) is 48.5 Å². The predicted molar refractivity (Wildman–Crippen MR) is 84.4 cm³/mol. The van der Waals surface area contributed by atoms with Crippen LogP contribution in [0.3, 0.4) is 0 Å². The van der Waals surface area contributed by atoms with Gasteiger partial charge < -0.3 is 4.74 Å². The molecule has 1 nitrogen and oxygen atoms in total. The van der Waals surface area contributed by atoms with Crippen molar-refractivity contribution in [3.8, 4) is 5.75 Å². The summed E-state index contributed by atoms with van der Waals surface area (Å²) in [5.74, 6) is 1.09. The van der Waals surface area contributed by atoms with E-state index in [0.717, 1.165) is 18.8 Å². The van der Waals surface area contributed by atoms with Gasteiger partial charge >= 0.3 is 0 Å². The fourth-order valence-electron chi connectivity index (χ4n) is 3.25. The fourth-order valence-corrected chi connectivity index (χ4v) is 3.25. The molecule has 100 valence electrons. The van der Waals surface area contributed by atoms with Crippen molar-refractivity contribution in [1.82, 2.24) is 0 Å². The molecule has 1 heterocycles. The third-order valence-corrected chi connectivity index (χ3v) is 4.23. The van der Waals surface area contributed by atoms with Crippen molar-refractivity contribution in [3.05, 3.63) is 54.1 Å². The van der Waals surface area contributed by atoms with Gasteiger partial charge in [0.25, 0.3) is 0 Å². The summed E-state index contributed by atoms with van der Waals surface area (Å²) in [7, 11) is 0. The van der Waals surface area contributed by atoms with Gasteiger partial charge in [0.05, 0.1) is 6.61 Å². The molecule has 0 aliphatic carbocycles. The molecule has 0 spiro atoms. The smallest absolute Gasteiger partial charge is 0.130 e. The van der Waals surface area contributed by atoms with Crippen molar-refractivity contribution in [1.29, 1.82) is 0 Å². The zero-order chi connectivity index (χ0) is 13.7. The van der Waals surface area contributed by atoms with Gasteiger partial charge in [-0.3, -0.25) is 0 Å². The molecule has 0 amide bonds. The molecular formula is C19H18O. The van der Waals surface area contributed by atoms with E-state index < -0.39 is 0 Å². The highest BCUT2D eigenvalue weighted by Gasteiger charge is 2.27. The molecule has 1 aliphatic heterocycles. The molecule has 0 N–H and O–H groups in total. The van der Waals surface area contributed by atoms with Crippen molar-refractivity contribution in [2.24, 2.45) is 5.41 Å². The van der Waals surface area contributed by atoms with Crippen molar-refractivity contribution in [2.75, 3.05) is 6.61 Å². The molecule has 0 atom stereocenters. The number of rotatable bonds is 0. The maximum Gasteiger partial charge on any atom is 0.130 e. The van der Waals surface area contributed by atoms with Gasteiger partial charge in [0.15, 0.2) is 0 Å². The number of hydrogen-bond donors (Lipinski definition) is 0. The number of hydrogen-bond acceptors (Lipinski definition) is 1. The van der Waals surface area contributed by atoms with Gasteiger partial charge in [0, 0.05) is 10.8 Å². The normalized spacial score (nSPS) is 16.9. The quantitative estimate of drug-likeness (QED) is 0.521. The highest BCUT2D eigenvalue weighted by Crippen LogP contribution is 2.40. The monoisotopic (exact) mass is 262 g/mol. The van der Waals surface area contributed by atoms with Gasteiger partial charge in [-0.2, -0.15) is 0 Å². The van der Waals surface area contributed by atoms with Crippen molar-refractivity contribution < 1.29 is 4.74 Å². The SMILES string of the molecule is CC1(C)COc2c(ccc3c2ccc2ccccc23)C1. The Hall–Kier alpha value is -2.02. The molecule has 0 fully saturated rings. The topological polar surface area (TPSA) is 9.23 Å². The largest absolute Gasteiger partial charge is 0.492 e. The summed E-state index contributed by atoms with van der Waals surface area (Å²) in [4.78, 5) is 0. The maximum absolute atomic E-state index is 6.10. The average molecular weight is 262 g/mol. The zero-order valence-electron chi connectivity index (χ0n) is 11.9. The Morgan fingerprint density at radius 2 is 1.65 bits per heavy atom. The first-order valence-electron chi connectivity index (χ1n) is 7.20. The molecule has 0 saturated carbocycles. The lowest BCUT2D eigenvalue weighted by Gasteiger charge is -2.32. The van der Waals surface area contributed by atoms with Crippen LogP contribution in [0.5, 0.6) is 5.75 Å². The lowest BCUT2D eigenvalue weighted by atomic mass is 9.83. The molecule has 1 heteroatoms. The molecule has 20 heavy (non-hydrogen) atoms. The van der Waals surface area contributed by atoms with E-state index in [2.05, 4.69) is 62.4 Å². The second kappa shape index (κ2) is 3.99. The van der Waals surface area contributed by atoms with Crippen LogP contribution in [0, 0.1) is 5.41 Å². The van der Waals surface area contributed by atoms with Gasteiger partial charge in [0.1, 0.15) is 5.75 Å². The molecule has 0 bridgehead atoms. The fraction of sp³-hybridized carbons (Fsp3) is 0.263. The third kappa shape index (κ3) is 1.70. The molecule has 4 rings (SSSR count).